The Kier molecular flexibility index (Phi) is 5.65. The maximum atomic E-state index is 12.5. The first-order chi connectivity index (χ1) is 14.3. The van der Waals surface area contributed by atoms with Crippen molar-refractivity contribution in [3.8, 4) is 0 Å². The Morgan fingerprint density at radius 1 is 0.967 bits per heavy atom. The van der Waals surface area contributed by atoms with Crippen LogP contribution in [0.1, 0.15) is 57.8 Å². The number of nitrogens with two attached hydrogens (primary N) is 2. The van der Waals surface area contributed by atoms with Gasteiger partial charge in [-0.2, -0.15) is 4.99 Å². The Balaban J connectivity index is 1.82. The standard InChI is InChI=1S/C21H32N6O2S/c1-30(28,29)18-10-9-16(15-17(18)26-13-7-2-3-8-14-26)27-20(23)24-19(22)25-21(27)11-5-4-6-12-21/h9-10,15H,2-8,11-14H2,1H3,(H4,22,23,24,25). The summed E-state index contributed by atoms with van der Waals surface area (Å²) in [5.41, 5.74) is 13.4. The molecule has 2 heterocycles. The van der Waals surface area contributed by atoms with Gasteiger partial charge in [-0.15, -0.1) is 0 Å². The van der Waals surface area contributed by atoms with E-state index in [1.165, 1.54) is 19.1 Å². The molecule has 0 bridgehead atoms. The van der Waals surface area contributed by atoms with Gasteiger partial charge in [-0.1, -0.05) is 19.3 Å². The maximum absolute atomic E-state index is 12.5. The minimum Gasteiger partial charge on any atom is -0.370 e. The highest BCUT2D eigenvalue weighted by atomic mass is 32.2. The highest BCUT2D eigenvalue weighted by molar-refractivity contribution is 7.90. The first-order valence-corrected chi connectivity index (χ1v) is 12.8. The predicted molar refractivity (Wildman–Crippen MR) is 122 cm³/mol. The fraction of sp³-hybridized carbons (Fsp3) is 0.619. The van der Waals surface area contributed by atoms with Crippen molar-refractivity contribution in [2.75, 3.05) is 29.1 Å². The lowest BCUT2D eigenvalue weighted by Gasteiger charge is -2.46. The molecule has 4 N–H and O–H groups in total. The number of sulfone groups is 1. The third kappa shape index (κ3) is 3.99. The zero-order valence-corrected chi connectivity index (χ0v) is 18.5. The topological polar surface area (TPSA) is 117 Å². The van der Waals surface area contributed by atoms with Crippen molar-refractivity contribution in [2.45, 2.75) is 68.3 Å². The molecule has 1 saturated heterocycles. The fourth-order valence-electron chi connectivity index (χ4n) is 5.01. The van der Waals surface area contributed by atoms with Crippen LogP contribution in [0.2, 0.25) is 0 Å². The Labute approximate surface area is 179 Å². The molecular weight excluding hydrogens is 400 g/mol. The number of hydrogen-bond acceptors (Lipinski definition) is 8. The molecule has 2 fully saturated rings. The van der Waals surface area contributed by atoms with Crippen LogP contribution >= 0.6 is 0 Å². The molecule has 1 aromatic rings. The van der Waals surface area contributed by atoms with Crippen LogP contribution in [-0.4, -0.2) is 45.3 Å². The Bertz CT molecular complexity index is 958. The summed E-state index contributed by atoms with van der Waals surface area (Å²) in [5.74, 6) is 0.532. The summed E-state index contributed by atoms with van der Waals surface area (Å²) in [7, 11) is -3.37. The highest BCUT2D eigenvalue weighted by Crippen LogP contribution is 2.41. The zero-order valence-electron chi connectivity index (χ0n) is 17.7. The number of aliphatic imine (C=N–C) groups is 2. The van der Waals surface area contributed by atoms with Gasteiger partial charge in [0.2, 0.25) is 11.9 Å². The Hall–Kier alpha value is -2.29. The van der Waals surface area contributed by atoms with E-state index in [9.17, 15) is 8.42 Å². The van der Waals surface area contributed by atoms with Gasteiger partial charge in [0, 0.05) is 25.0 Å². The lowest BCUT2D eigenvalue weighted by molar-refractivity contribution is 0.305. The monoisotopic (exact) mass is 432 g/mol. The van der Waals surface area contributed by atoms with Crippen LogP contribution in [0.15, 0.2) is 33.1 Å². The number of anilines is 2. The molecule has 164 valence electrons. The second-order valence-corrected chi connectivity index (χ2v) is 10.6. The average Bonchev–Trinajstić information content (AvgIpc) is 2.96. The van der Waals surface area contributed by atoms with Crippen LogP contribution in [0, 0.1) is 0 Å². The molecule has 30 heavy (non-hydrogen) atoms. The number of nitrogens with zero attached hydrogens (tertiary/aromatic N) is 4. The van der Waals surface area contributed by atoms with Crippen molar-refractivity contribution in [3.05, 3.63) is 18.2 Å². The number of rotatable bonds is 3. The number of hydrogen-bond donors (Lipinski definition) is 2. The zero-order chi connectivity index (χ0) is 21.4. The molecule has 1 aliphatic carbocycles. The molecule has 2 aliphatic heterocycles. The van der Waals surface area contributed by atoms with Crippen LogP contribution in [0.4, 0.5) is 11.4 Å². The van der Waals surface area contributed by atoms with E-state index in [1.54, 1.807) is 6.07 Å². The molecule has 1 saturated carbocycles. The van der Waals surface area contributed by atoms with Crippen LogP contribution in [0.3, 0.4) is 0 Å². The molecule has 0 aromatic heterocycles. The summed E-state index contributed by atoms with van der Waals surface area (Å²) in [6, 6.07) is 5.49. The van der Waals surface area contributed by atoms with Crippen molar-refractivity contribution in [2.24, 2.45) is 21.5 Å². The average molecular weight is 433 g/mol. The summed E-state index contributed by atoms with van der Waals surface area (Å²) in [6.07, 6.45) is 10.7. The minimum absolute atomic E-state index is 0.214. The van der Waals surface area contributed by atoms with E-state index in [1.807, 2.05) is 17.0 Å². The van der Waals surface area contributed by atoms with Gasteiger partial charge in [-0.25, -0.2) is 13.4 Å². The molecule has 1 spiro atoms. The number of guanidine groups is 2. The third-order valence-corrected chi connectivity index (χ3v) is 7.54. The second-order valence-electron chi connectivity index (χ2n) is 8.64. The van der Waals surface area contributed by atoms with Gasteiger partial charge in [0.1, 0.15) is 5.66 Å². The summed E-state index contributed by atoms with van der Waals surface area (Å²) in [5, 5.41) is 0. The van der Waals surface area contributed by atoms with Crippen LogP contribution in [0.5, 0.6) is 0 Å². The van der Waals surface area contributed by atoms with Gasteiger partial charge in [0.05, 0.1) is 10.6 Å². The van der Waals surface area contributed by atoms with Gasteiger partial charge in [-0.3, -0.25) is 4.90 Å². The molecular formula is C21H32N6O2S. The molecule has 0 radical (unpaired) electrons. The molecule has 1 aromatic carbocycles. The molecule has 9 heteroatoms. The second kappa shape index (κ2) is 8.09. The van der Waals surface area contributed by atoms with Crippen molar-refractivity contribution >= 4 is 33.1 Å². The fourth-order valence-corrected chi connectivity index (χ4v) is 5.90. The van der Waals surface area contributed by atoms with Crippen molar-refractivity contribution in [3.63, 3.8) is 0 Å². The first kappa shape index (κ1) is 21.0. The van der Waals surface area contributed by atoms with Gasteiger partial charge in [0.15, 0.2) is 9.84 Å². The molecule has 8 nitrogen and oxygen atoms in total. The van der Waals surface area contributed by atoms with Gasteiger partial charge >= 0.3 is 0 Å². The minimum atomic E-state index is -3.37. The smallest absolute Gasteiger partial charge is 0.220 e. The third-order valence-electron chi connectivity index (χ3n) is 6.40. The van der Waals surface area contributed by atoms with Gasteiger partial charge in [0.25, 0.3) is 0 Å². The SMILES string of the molecule is CS(=O)(=O)c1ccc(N2C(N)=NC(N)=NC23CCCCC3)cc1N1CCCCCC1. The van der Waals surface area contributed by atoms with E-state index in [2.05, 4.69) is 9.89 Å². The predicted octanol–water partition coefficient (Wildman–Crippen LogP) is 2.58. The Morgan fingerprint density at radius 2 is 1.60 bits per heavy atom. The highest BCUT2D eigenvalue weighted by Gasteiger charge is 2.43. The van der Waals surface area contributed by atoms with Crippen LogP contribution < -0.4 is 21.3 Å². The first-order valence-electron chi connectivity index (χ1n) is 10.9. The lowest BCUT2D eigenvalue weighted by Crippen LogP contribution is -2.58. The largest absolute Gasteiger partial charge is 0.370 e. The molecule has 0 amide bonds. The maximum Gasteiger partial charge on any atom is 0.220 e. The van der Waals surface area contributed by atoms with Crippen molar-refractivity contribution in [1.29, 1.82) is 0 Å². The normalized spacial score (nSPS) is 22.4. The molecule has 3 aliphatic rings. The van der Waals surface area contributed by atoms with E-state index in [4.69, 9.17) is 16.5 Å². The summed E-state index contributed by atoms with van der Waals surface area (Å²) in [6.45, 7) is 1.71. The molecule has 4 rings (SSSR count). The van der Waals surface area contributed by atoms with E-state index in [0.29, 0.717) is 10.9 Å². The lowest BCUT2D eigenvalue weighted by atomic mass is 9.87. The van der Waals surface area contributed by atoms with Gasteiger partial charge < -0.3 is 16.4 Å². The quantitative estimate of drug-likeness (QED) is 0.758. The van der Waals surface area contributed by atoms with Crippen LogP contribution in [0.25, 0.3) is 0 Å². The Morgan fingerprint density at radius 3 is 2.23 bits per heavy atom. The summed E-state index contributed by atoms with van der Waals surface area (Å²) >= 11 is 0. The van der Waals surface area contributed by atoms with E-state index < -0.39 is 15.5 Å². The van der Waals surface area contributed by atoms with Crippen LogP contribution in [-0.2, 0) is 9.84 Å². The summed E-state index contributed by atoms with van der Waals surface area (Å²) < 4.78 is 25.1. The van der Waals surface area contributed by atoms with E-state index in [-0.39, 0.29) is 5.96 Å². The van der Waals surface area contributed by atoms with Crippen molar-refractivity contribution < 1.29 is 8.42 Å². The van der Waals surface area contributed by atoms with E-state index >= 15 is 0 Å². The molecule has 0 atom stereocenters. The number of benzene rings is 1. The summed E-state index contributed by atoms with van der Waals surface area (Å²) in [4.78, 5) is 13.5. The van der Waals surface area contributed by atoms with Gasteiger partial charge in [-0.05, 0) is 56.7 Å². The molecule has 0 unspecified atom stereocenters. The van der Waals surface area contributed by atoms with Crippen molar-refractivity contribution in [1.82, 2.24) is 0 Å². The van der Waals surface area contributed by atoms with E-state index in [0.717, 1.165) is 69.4 Å².